The van der Waals surface area contributed by atoms with Gasteiger partial charge >= 0.3 is 0 Å². The molecule has 35 heavy (non-hydrogen) atoms. The fraction of sp³-hybridized carbons (Fsp3) is 0.310. The molecule has 4 aromatic rings. The van der Waals surface area contributed by atoms with Gasteiger partial charge in [-0.3, -0.25) is 4.57 Å². The molecule has 0 bridgehead atoms. The maximum absolute atomic E-state index is 9.15. The van der Waals surface area contributed by atoms with Crippen molar-refractivity contribution in [2.75, 3.05) is 38.6 Å². The number of nitriles is 1. The Labute approximate surface area is 206 Å². The van der Waals surface area contributed by atoms with E-state index in [0.29, 0.717) is 5.56 Å². The van der Waals surface area contributed by atoms with E-state index in [0.717, 1.165) is 60.4 Å². The maximum atomic E-state index is 9.15. The summed E-state index contributed by atoms with van der Waals surface area (Å²) in [5.41, 5.74) is 9.01. The first-order chi connectivity index (χ1) is 17.0. The predicted molar refractivity (Wildman–Crippen MR) is 140 cm³/mol. The Bertz CT molecular complexity index is 1430. The Morgan fingerprint density at radius 1 is 1.09 bits per heavy atom. The zero-order valence-electron chi connectivity index (χ0n) is 20.6. The minimum absolute atomic E-state index is 0.678. The molecule has 0 N–H and O–H groups in total. The van der Waals surface area contributed by atoms with Crippen molar-refractivity contribution in [1.82, 2.24) is 19.0 Å². The van der Waals surface area contributed by atoms with E-state index < -0.39 is 0 Å². The molecule has 6 nitrogen and oxygen atoms in total. The molecule has 1 saturated heterocycles. The molecule has 176 valence electrons. The quantitative estimate of drug-likeness (QED) is 0.380. The number of anilines is 1. The maximum Gasteiger partial charge on any atom is 0.161 e. The van der Waals surface area contributed by atoms with Crippen molar-refractivity contribution >= 4 is 5.69 Å². The molecule has 0 saturated carbocycles. The number of aryl methyl sites for hydroxylation is 1. The molecule has 0 spiro atoms. The van der Waals surface area contributed by atoms with Crippen LogP contribution in [0.4, 0.5) is 5.69 Å². The van der Waals surface area contributed by atoms with Crippen LogP contribution in [0.25, 0.3) is 28.3 Å². The van der Waals surface area contributed by atoms with Crippen LogP contribution in [-0.2, 0) is 6.54 Å². The van der Waals surface area contributed by atoms with Crippen LogP contribution in [0.15, 0.2) is 60.9 Å². The monoisotopic (exact) mass is 462 g/mol. The van der Waals surface area contributed by atoms with Crippen LogP contribution < -0.4 is 4.90 Å². The third-order valence-electron chi connectivity index (χ3n) is 7.33. The number of hydrogen-bond acceptors (Lipinski definition) is 4. The molecule has 1 fully saturated rings. The van der Waals surface area contributed by atoms with Crippen LogP contribution >= 0.6 is 0 Å². The Morgan fingerprint density at radius 3 is 2.69 bits per heavy atom. The van der Waals surface area contributed by atoms with Crippen LogP contribution in [0.1, 0.15) is 23.2 Å². The van der Waals surface area contributed by atoms with Crippen LogP contribution in [0.5, 0.6) is 0 Å². The van der Waals surface area contributed by atoms with Gasteiger partial charge in [-0.15, -0.1) is 0 Å². The van der Waals surface area contributed by atoms with Gasteiger partial charge in [0.1, 0.15) is 0 Å². The van der Waals surface area contributed by atoms with Crippen molar-refractivity contribution in [2.45, 2.75) is 19.9 Å². The highest BCUT2D eigenvalue weighted by atomic mass is 15.2. The first kappa shape index (κ1) is 21.7. The van der Waals surface area contributed by atoms with E-state index >= 15 is 0 Å². The van der Waals surface area contributed by atoms with Crippen molar-refractivity contribution in [2.24, 2.45) is 5.92 Å². The zero-order valence-corrected chi connectivity index (χ0v) is 20.6. The fourth-order valence-corrected chi connectivity index (χ4v) is 5.68. The predicted octanol–water partition coefficient (Wildman–Crippen LogP) is 4.94. The van der Waals surface area contributed by atoms with E-state index in [4.69, 9.17) is 10.2 Å². The van der Waals surface area contributed by atoms with Crippen LogP contribution in [0.3, 0.4) is 0 Å². The van der Waals surface area contributed by atoms with Crippen molar-refractivity contribution < 1.29 is 0 Å². The molecular formula is C29H30N6. The number of rotatable bonds is 4. The fourth-order valence-electron chi connectivity index (χ4n) is 5.68. The van der Waals surface area contributed by atoms with Gasteiger partial charge in [-0.1, -0.05) is 12.1 Å². The van der Waals surface area contributed by atoms with Crippen LogP contribution in [0, 0.1) is 24.2 Å². The summed E-state index contributed by atoms with van der Waals surface area (Å²) >= 11 is 0. The number of benzene rings is 2. The van der Waals surface area contributed by atoms with Crippen LogP contribution in [-0.4, -0.2) is 52.7 Å². The summed E-state index contributed by atoms with van der Waals surface area (Å²) in [6.45, 7) is 6.30. The lowest BCUT2D eigenvalue weighted by atomic mass is 10.1. The molecule has 2 aromatic carbocycles. The van der Waals surface area contributed by atoms with E-state index in [1.807, 2.05) is 30.5 Å². The molecular weight excluding hydrogens is 432 g/mol. The highest BCUT2D eigenvalue weighted by Crippen LogP contribution is 2.37. The van der Waals surface area contributed by atoms with E-state index in [9.17, 15) is 0 Å². The summed E-state index contributed by atoms with van der Waals surface area (Å²) in [6, 6.07) is 19.2. The first-order valence-electron chi connectivity index (χ1n) is 12.3. The average Bonchev–Trinajstić information content (AvgIpc) is 3.56. The molecule has 6 rings (SSSR count). The Hall–Kier alpha value is -3.82. The molecule has 2 aliphatic rings. The standard InChI is InChI=1S/C29H30N6/c1-20-15-31-29-28-13-24(23-6-4-21(14-30)5-7-23)18-34(28)19-25-12-26(8-9-27(25)35(20)29)33-11-10-22(17-33)16-32(2)3/h4-9,12-13,15,18,22H,10-11,16-17,19H2,1-3H3. The SMILES string of the molecule is Cc1cnc2n1-c1ccc(N3CCC(CN(C)C)C3)cc1Cn1cc(-c3ccc(C#N)cc3)cc1-2. The summed E-state index contributed by atoms with van der Waals surface area (Å²) in [7, 11) is 4.33. The van der Waals surface area contributed by atoms with Gasteiger partial charge in [0, 0.05) is 55.5 Å². The molecule has 6 heteroatoms. The molecule has 0 amide bonds. The second kappa shape index (κ2) is 8.44. The number of imidazole rings is 1. The van der Waals surface area contributed by atoms with Crippen molar-refractivity contribution in [3.63, 3.8) is 0 Å². The normalized spacial score (nSPS) is 16.5. The van der Waals surface area contributed by atoms with Crippen LogP contribution in [0.2, 0.25) is 0 Å². The van der Waals surface area contributed by atoms with Gasteiger partial charge in [-0.05, 0) is 80.9 Å². The molecule has 1 unspecified atom stereocenters. The summed E-state index contributed by atoms with van der Waals surface area (Å²) in [5.74, 6) is 1.69. The lowest BCUT2D eigenvalue weighted by Crippen LogP contribution is -2.25. The van der Waals surface area contributed by atoms with E-state index in [1.165, 1.54) is 23.4 Å². The number of fused-ring (bicyclic) bond motifs is 5. The second-order valence-corrected chi connectivity index (χ2v) is 10.2. The second-order valence-electron chi connectivity index (χ2n) is 10.2. The molecule has 0 radical (unpaired) electrons. The third kappa shape index (κ3) is 3.82. The minimum atomic E-state index is 0.678. The molecule has 2 aliphatic heterocycles. The Kier molecular flexibility index (Phi) is 5.23. The number of aromatic nitrogens is 3. The van der Waals surface area contributed by atoms with Gasteiger partial charge in [0.15, 0.2) is 5.82 Å². The van der Waals surface area contributed by atoms with E-state index in [1.54, 1.807) is 0 Å². The smallest absolute Gasteiger partial charge is 0.161 e. The highest BCUT2D eigenvalue weighted by Gasteiger charge is 2.26. The largest absolute Gasteiger partial charge is 0.371 e. The summed E-state index contributed by atoms with van der Waals surface area (Å²) < 4.78 is 4.61. The lowest BCUT2D eigenvalue weighted by Gasteiger charge is -2.22. The van der Waals surface area contributed by atoms with Gasteiger partial charge in [-0.2, -0.15) is 5.26 Å². The third-order valence-corrected chi connectivity index (χ3v) is 7.33. The molecule has 2 aromatic heterocycles. The number of hydrogen-bond donors (Lipinski definition) is 0. The van der Waals surface area contributed by atoms with Crippen molar-refractivity contribution in [1.29, 1.82) is 5.26 Å². The zero-order chi connectivity index (χ0) is 24.1. The highest BCUT2D eigenvalue weighted by molar-refractivity contribution is 5.73. The molecule has 1 atom stereocenters. The van der Waals surface area contributed by atoms with Gasteiger partial charge < -0.3 is 14.4 Å². The summed E-state index contributed by atoms with van der Waals surface area (Å²) in [6.07, 6.45) is 5.43. The average molecular weight is 463 g/mol. The first-order valence-corrected chi connectivity index (χ1v) is 12.3. The van der Waals surface area contributed by atoms with Gasteiger partial charge in [-0.25, -0.2) is 4.98 Å². The van der Waals surface area contributed by atoms with Crippen molar-refractivity contribution in [3.05, 3.63) is 77.7 Å². The van der Waals surface area contributed by atoms with Crippen molar-refractivity contribution in [3.8, 4) is 34.4 Å². The lowest BCUT2D eigenvalue weighted by molar-refractivity contribution is 0.340. The Balaban J connectivity index is 1.39. The van der Waals surface area contributed by atoms with Gasteiger partial charge in [0.25, 0.3) is 0 Å². The summed E-state index contributed by atoms with van der Waals surface area (Å²) in [4.78, 5) is 9.65. The Morgan fingerprint density at radius 2 is 1.91 bits per heavy atom. The molecule has 0 aliphatic carbocycles. The van der Waals surface area contributed by atoms with Gasteiger partial charge in [0.2, 0.25) is 0 Å². The summed E-state index contributed by atoms with van der Waals surface area (Å²) in [5, 5.41) is 9.15. The molecule has 4 heterocycles. The minimum Gasteiger partial charge on any atom is -0.371 e. The number of nitrogens with zero attached hydrogens (tertiary/aromatic N) is 6. The van der Waals surface area contributed by atoms with E-state index in [-0.39, 0.29) is 0 Å². The van der Waals surface area contributed by atoms with E-state index in [2.05, 4.69) is 76.5 Å². The van der Waals surface area contributed by atoms with Gasteiger partial charge in [0.05, 0.1) is 23.0 Å². The topological polar surface area (TPSA) is 53.0 Å².